The highest BCUT2D eigenvalue weighted by Gasteiger charge is 2.23. The zero-order chi connectivity index (χ0) is 20.9. The van der Waals surface area contributed by atoms with Crippen LogP contribution < -0.4 is 20.4 Å². The minimum atomic E-state index is 0.500. The van der Waals surface area contributed by atoms with Crippen molar-refractivity contribution in [1.82, 2.24) is 15.3 Å². The quantitative estimate of drug-likeness (QED) is 0.696. The lowest BCUT2D eigenvalue weighted by Gasteiger charge is -2.35. The topological polar surface area (TPSA) is 56.3 Å². The van der Waals surface area contributed by atoms with Gasteiger partial charge in [0.15, 0.2) is 5.11 Å². The molecule has 1 aromatic heterocycles. The van der Waals surface area contributed by atoms with Crippen LogP contribution in [0.25, 0.3) is 0 Å². The molecular weight excluding hydrogens is 392 g/mol. The van der Waals surface area contributed by atoms with Crippen LogP contribution in [0, 0.1) is 6.92 Å². The second-order valence-corrected chi connectivity index (χ2v) is 8.84. The van der Waals surface area contributed by atoms with Crippen molar-refractivity contribution in [3.63, 3.8) is 0 Å². The molecule has 0 radical (unpaired) electrons. The average molecular weight is 425 g/mol. The lowest BCUT2D eigenvalue weighted by Crippen LogP contribution is -2.38. The Hall–Kier alpha value is -2.41. The van der Waals surface area contributed by atoms with Crippen LogP contribution in [0.15, 0.2) is 30.3 Å². The molecule has 2 aliphatic heterocycles. The fourth-order valence-corrected chi connectivity index (χ4v) is 4.37. The van der Waals surface area contributed by atoms with Crippen molar-refractivity contribution in [2.75, 3.05) is 34.8 Å². The highest BCUT2D eigenvalue weighted by atomic mass is 32.1. The molecule has 160 valence electrons. The van der Waals surface area contributed by atoms with E-state index in [1.807, 2.05) is 0 Å². The normalized spacial score (nSPS) is 19.1. The highest BCUT2D eigenvalue weighted by Crippen LogP contribution is 2.28. The first-order valence-corrected chi connectivity index (χ1v) is 11.5. The smallest absolute Gasteiger partial charge is 0.232 e. The molecule has 1 aromatic carbocycles. The van der Waals surface area contributed by atoms with E-state index in [4.69, 9.17) is 22.2 Å². The summed E-state index contributed by atoms with van der Waals surface area (Å²) in [6.07, 6.45) is 6.16. The van der Waals surface area contributed by atoms with Crippen LogP contribution in [0.4, 0.5) is 17.6 Å². The summed E-state index contributed by atoms with van der Waals surface area (Å²) in [6, 6.07) is 11.1. The van der Waals surface area contributed by atoms with Crippen molar-refractivity contribution in [3.05, 3.63) is 41.5 Å². The predicted octanol–water partition coefficient (Wildman–Crippen LogP) is 4.25. The van der Waals surface area contributed by atoms with Gasteiger partial charge in [-0.15, -0.1) is 0 Å². The van der Waals surface area contributed by atoms with Crippen LogP contribution in [0.3, 0.4) is 0 Å². The Morgan fingerprint density at radius 1 is 1.03 bits per heavy atom. The third-order valence-corrected chi connectivity index (χ3v) is 6.27. The minimum absolute atomic E-state index is 0.500. The number of hydrogen-bond acceptors (Lipinski definition) is 5. The standard InChI is InChI=1S/C23H32N6S/c1-17-8-10-19(11-9-17)16-24-23(30)27-22-25-20(28-12-5-6-13-28)15-21(26-22)29-14-4-3-7-18(29)2/h8-11,15,18H,3-7,12-14,16H2,1-2H3,(H2,24,25,26,27,30)/t18-/m1/s1. The molecular formula is C23H32N6S. The summed E-state index contributed by atoms with van der Waals surface area (Å²) in [4.78, 5) is 14.4. The number of anilines is 3. The first-order chi connectivity index (χ1) is 14.6. The van der Waals surface area contributed by atoms with E-state index in [1.54, 1.807) is 0 Å². The van der Waals surface area contributed by atoms with Crippen LogP contribution in [-0.2, 0) is 6.54 Å². The fourth-order valence-electron chi connectivity index (χ4n) is 4.21. The molecule has 2 aliphatic rings. The number of piperidine rings is 1. The van der Waals surface area contributed by atoms with E-state index in [-0.39, 0.29) is 0 Å². The molecule has 0 aliphatic carbocycles. The summed E-state index contributed by atoms with van der Waals surface area (Å²) in [5.41, 5.74) is 2.45. The lowest BCUT2D eigenvalue weighted by atomic mass is 10.0. The minimum Gasteiger partial charge on any atom is -0.358 e. The molecule has 3 heterocycles. The van der Waals surface area contributed by atoms with E-state index in [0.717, 1.165) is 31.3 Å². The van der Waals surface area contributed by atoms with Gasteiger partial charge in [0.05, 0.1) is 0 Å². The number of thiocarbonyl (C=S) groups is 1. The fraction of sp³-hybridized carbons (Fsp3) is 0.522. The summed E-state index contributed by atoms with van der Waals surface area (Å²) < 4.78 is 0. The SMILES string of the molecule is Cc1ccc(CNC(=S)Nc2nc(N3CCCC3)cc(N3CCCC[C@H]3C)n2)cc1. The third kappa shape index (κ3) is 5.19. The first kappa shape index (κ1) is 20.8. The molecule has 2 fully saturated rings. The average Bonchev–Trinajstić information content (AvgIpc) is 3.28. The monoisotopic (exact) mass is 424 g/mol. The molecule has 2 saturated heterocycles. The van der Waals surface area contributed by atoms with Gasteiger partial charge in [-0.2, -0.15) is 9.97 Å². The predicted molar refractivity (Wildman–Crippen MR) is 128 cm³/mol. The second kappa shape index (κ2) is 9.60. The van der Waals surface area contributed by atoms with E-state index in [0.29, 0.717) is 23.6 Å². The Kier molecular flexibility index (Phi) is 6.67. The number of aromatic nitrogens is 2. The summed E-state index contributed by atoms with van der Waals surface area (Å²) in [6.45, 7) is 8.22. The van der Waals surface area contributed by atoms with Gasteiger partial charge in [-0.3, -0.25) is 0 Å². The molecule has 4 rings (SSSR count). The summed E-state index contributed by atoms with van der Waals surface area (Å²) >= 11 is 5.53. The molecule has 0 spiro atoms. The number of aryl methyl sites for hydroxylation is 1. The summed E-state index contributed by atoms with van der Waals surface area (Å²) in [5, 5.41) is 7.05. The van der Waals surface area contributed by atoms with Crippen molar-refractivity contribution >= 4 is 34.9 Å². The molecule has 1 atom stereocenters. The van der Waals surface area contributed by atoms with Crippen LogP contribution >= 0.6 is 12.2 Å². The molecule has 0 amide bonds. The van der Waals surface area contributed by atoms with Gasteiger partial charge in [0.2, 0.25) is 5.95 Å². The van der Waals surface area contributed by atoms with Gasteiger partial charge in [-0.05, 0) is 63.7 Å². The van der Waals surface area contributed by atoms with Gasteiger partial charge in [-0.1, -0.05) is 29.8 Å². The van der Waals surface area contributed by atoms with Crippen molar-refractivity contribution < 1.29 is 0 Å². The molecule has 0 bridgehead atoms. The number of hydrogen-bond donors (Lipinski definition) is 2. The lowest BCUT2D eigenvalue weighted by molar-refractivity contribution is 0.481. The number of nitrogens with one attached hydrogen (secondary N) is 2. The molecule has 0 saturated carbocycles. The van der Waals surface area contributed by atoms with Gasteiger partial charge in [0, 0.05) is 38.3 Å². The van der Waals surface area contributed by atoms with Crippen molar-refractivity contribution in [2.24, 2.45) is 0 Å². The van der Waals surface area contributed by atoms with Gasteiger partial charge in [-0.25, -0.2) is 0 Å². The molecule has 7 heteroatoms. The maximum absolute atomic E-state index is 5.53. The van der Waals surface area contributed by atoms with Gasteiger partial charge >= 0.3 is 0 Å². The maximum atomic E-state index is 5.53. The summed E-state index contributed by atoms with van der Waals surface area (Å²) in [7, 11) is 0. The third-order valence-electron chi connectivity index (χ3n) is 6.03. The first-order valence-electron chi connectivity index (χ1n) is 11.1. The van der Waals surface area contributed by atoms with Crippen LogP contribution in [0.1, 0.15) is 50.2 Å². The highest BCUT2D eigenvalue weighted by molar-refractivity contribution is 7.80. The van der Waals surface area contributed by atoms with Gasteiger partial charge in [0.1, 0.15) is 11.6 Å². The van der Waals surface area contributed by atoms with Gasteiger partial charge < -0.3 is 20.4 Å². The van der Waals surface area contributed by atoms with E-state index in [2.05, 4.69) is 64.6 Å². The molecule has 2 N–H and O–H groups in total. The Labute approximate surface area is 185 Å². The number of nitrogens with zero attached hydrogens (tertiary/aromatic N) is 4. The zero-order valence-corrected chi connectivity index (χ0v) is 18.8. The van der Waals surface area contributed by atoms with E-state index in [9.17, 15) is 0 Å². The largest absolute Gasteiger partial charge is 0.358 e. The van der Waals surface area contributed by atoms with Crippen molar-refractivity contribution in [3.8, 4) is 0 Å². The molecule has 0 unspecified atom stereocenters. The molecule has 6 nitrogen and oxygen atoms in total. The maximum Gasteiger partial charge on any atom is 0.232 e. The molecule has 2 aromatic rings. The Morgan fingerprint density at radius 2 is 1.73 bits per heavy atom. The van der Waals surface area contributed by atoms with Gasteiger partial charge in [0.25, 0.3) is 0 Å². The van der Waals surface area contributed by atoms with E-state index in [1.165, 1.54) is 43.2 Å². The summed E-state index contributed by atoms with van der Waals surface area (Å²) in [5.74, 6) is 2.58. The second-order valence-electron chi connectivity index (χ2n) is 8.43. The number of benzene rings is 1. The zero-order valence-electron chi connectivity index (χ0n) is 18.0. The van der Waals surface area contributed by atoms with Crippen molar-refractivity contribution in [1.29, 1.82) is 0 Å². The molecule has 30 heavy (non-hydrogen) atoms. The van der Waals surface area contributed by atoms with Crippen LogP contribution in [-0.4, -0.2) is 40.8 Å². The van der Waals surface area contributed by atoms with Crippen LogP contribution in [0.5, 0.6) is 0 Å². The number of rotatable bonds is 5. The Bertz CT molecular complexity index is 862. The Morgan fingerprint density at radius 3 is 2.47 bits per heavy atom. The van der Waals surface area contributed by atoms with E-state index < -0.39 is 0 Å². The van der Waals surface area contributed by atoms with Crippen molar-refractivity contribution in [2.45, 2.75) is 58.5 Å². The van der Waals surface area contributed by atoms with E-state index >= 15 is 0 Å². The Balaban J connectivity index is 1.49. The van der Waals surface area contributed by atoms with Crippen LogP contribution in [0.2, 0.25) is 0 Å².